The van der Waals surface area contributed by atoms with Crippen molar-refractivity contribution in [2.75, 3.05) is 4.90 Å². The molecule has 0 heterocycles. The number of benzene rings is 7. The van der Waals surface area contributed by atoms with E-state index in [4.69, 9.17) is 0 Å². The molecule has 0 fully saturated rings. The highest BCUT2D eigenvalue weighted by Gasteiger charge is 2.15. The van der Waals surface area contributed by atoms with E-state index < -0.39 is 0 Å². The van der Waals surface area contributed by atoms with E-state index in [1.165, 1.54) is 81.3 Å². The molecule has 0 unspecified atom stereocenters. The molecule has 0 aromatic heterocycles. The van der Waals surface area contributed by atoms with Gasteiger partial charge in [-0.15, -0.1) is 0 Å². The van der Waals surface area contributed by atoms with Crippen LogP contribution in [0.1, 0.15) is 27.8 Å². The molecule has 0 bridgehead atoms. The summed E-state index contributed by atoms with van der Waals surface area (Å²) in [5.74, 6) is 0. The average molecular weight is 588 g/mol. The third kappa shape index (κ3) is 4.09. The second-order valence-electron chi connectivity index (χ2n) is 12.8. The first-order valence-corrected chi connectivity index (χ1v) is 16.1. The minimum absolute atomic E-state index is 1.14. The van der Waals surface area contributed by atoms with Crippen LogP contribution < -0.4 is 15.3 Å². The summed E-state index contributed by atoms with van der Waals surface area (Å²) in [5, 5.41) is 13.6. The van der Waals surface area contributed by atoms with Crippen LogP contribution in [-0.2, 0) is 0 Å². The maximum atomic E-state index is 2.34. The number of anilines is 3. The van der Waals surface area contributed by atoms with Gasteiger partial charge in [0.15, 0.2) is 0 Å². The molecule has 1 heteroatoms. The van der Waals surface area contributed by atoms with Crippen molar-refractivity contribution in [3.63, 3.8) is 0 Å². The van der Waals surface area contributed by atoms with Crippen molar-refractivity contribution in [2.45, 2.75) is 20.8 Å². The van der Waals surface area contributed by atoms with Crippen LogP contribution in [0.2, 0.25) is 0 Å². The number of hydrogen-bond acceptors (Lipinski definition) is 1. The van der Waals surface area contributed by atoms with Gasteiger partial charge in [-0.05, 0) is 145 Å². The summed E-state index contributed by atoms with van der Waals surface area (Å²) in [6, 6.07) is 49.1. The molecular formula is C45H33N. The molecule has 0 atom stereocenters. The van der Waals surface area contributed by atoms with Crippen molar-refractivity contribution in [1.29, 1.82) is 0 Å². The van der Waals surface area contributed by atoms with Gasteiger partial charge in [0, 0.05) is 17.1 Å². The molecule has 1 nitrogen and oxygen atoms in total. The van der Waals surface area contributed by atoms with E-state index in [1.54, 1.807) is 0 Å². The fourth-order valence-electron chi connectivity index (χ4n) is 7.39. The van der Waals surface area contributed by atoms with E-state index in [0.717, 1.165) is 17.1 Å². The molecule has 0 aliphatic carbocycles. The molecule has 0 amide bonds. The molecular weight excluding hydrogens is 555 g/mol. The smallest absolute Gasteiger partial charge is 0.0462 e. The Morgan fingerprint density at radius 3 is 1.17 bits per heavy atom. The maximum Gasteiger partial charge on any atom is 0.0462 e. The molecule has 0 aliphatic heterocycles. The summed E-state index contributed by atoms with van der Waals surface area (Å²) >= 11 is 0. The van der Waals surface area contributed by atoms with Gasteiger partial charge in [-0.3, -0.25) is 0 Å². The Bertz CT molecular complexity index is 2430. The molecule has 0 saturated carbocycles. The number of hydrogen-bond donors (Lipinski definition) is 0. The Kier molecular flexibility index (Phi) is 5.92. The highest BCUT2D eigenvalue weighted by atomic mass is 15.1. The SMILES string of the molecule is Cc1ccc(N(c2ccc(C=c3c4cccc5c(C)ccc3c54)cc2)c2ccc(C=c3c4cccc5c(C)ccc3c54)cc2)cc1. The number of nitrogens with zero attached hydrogens (tertiary/aromatic N) is 1. The lowest BCUT2D eigenvalue weighted by molar-refractivity contribution is 1.27. The van der Waals surface area contributed by atoms with Crippen LogP contribution in [0.5, 0.6) is 0 Å². The summed E-state index contributed by atoms with van der Waals surface area (Å²) in [4.78, 5) is 2.34. The fourth-order valence-corrected chi connectivity index (χ4v) is 7.39. The van der Waals surface area contributed by atoms with E-state index in [9.17, 15) is 0 Å². The van der Waals surface area contributed by atoms with Crippen LogP contribution in [0.15, 0.2) is 133 Å². The summed E-state index contributed by atoms with van der Waals surface area (Å²) in [5.41, 5.74) is 9.77. The lowest BCUT2D eigenvalue weighted by Crippen LogP contribution is -2.12. The van der Waals surface area contributed by atoms with Gasteiger partial charge in [0.1, 0.15) is 0 Å². The standard InChI is InChI=1S/C45H33N/c1-28-10-18-33(19-11-28)46(34-20-14-31(15-21-34)26-42-38-8-4-6-36-29(2)12-24-40(42)44(36)38)35-22-16-32(17-23-35)27-43-39-9-5-7-37-30(3)13-25-41(43)45(37)39/h4-27H,1-3H3. The van der Waals surface area contributed by atoms with Gasteiger partial charge in [-0.25, -0.2) is 0 Å². The van der Waals surface area contributed by atoms with Gasteiger partial charge in [0.25, 0.3) is 0 Å². The molecule has 9 aromatic carbocycles. The summed E-state index contributed by atoms with van der Waals surface area (Å²) < 4.78 is 0. The summed E-state index contributed by atoms with van der Waals surface area (Å²) in [6.07, 6.45) is 4.66. The van der Waals surface area contributed by atoms with Crippen molar-refractivity contribution in [3.05, 3.63) is 172 Å². The zero-order valence-electron chi connectivity index (χ0n) is 26.3. The second kappa shape index (κ2) is 10.2. The Balaban J connectivity index is 1.08. The van der Waals surface area contributed by atoms with Crippen LogP contribution in [0, 0.1) is 20.8 Å². The largest absolute Gasteiger partial charge is 0.311 e. The molecule has 0 radical (unpaired) electrons. The Hall–Kier alpha value is -5.66. The Labute approximate surface area is 269 Å². The van der Waals surface area contributed by atoms with Crippen LogP contribution in [-0.4, -0.2) is 0 Å². The average Bonchev–Trinajstić information content (AvgIpc) is 3.08. The van der Waals surface area contributed by atoms with Crippen LogP contribution in [0.25, 0.3) is 55.2 Å². The minimum Gasteiger partial charge on any atom is -0.311 e. The van der Waals surface area contributed by atoms with Crippen molar-refractivity contribution < 1.29 is 0 Å². The monoisotopic (exact) mass is 587 g/mol. The molecule has 46 heavy (non-hydrogen) atoms. The van der Waals surface area contributed by atoms with E-state index in [0.29, 0.717) is 0 Å². The van der Waals surface area contributed by atoms with E-state index in [-0.39, 0.29) is 0 Å². The summed E-state index contributed by atoms with van der Waals surface area (Å²) in [7, 11) is 0. The highest BCUT2D eigenvalue weighted by Crippen LogP contribution is 2.36. The van der Waals surface area contributed by atoms with E-state index >= 15 is 0 Å². The first kappa shape index (κ1) is 26.7. The second-order valence-corrected chi connectivity index (χ2v) is 12.8. The molecule has 218 valence electrons. The maximum absolute atomic E-state index is 2.34. The quantitative estimate of drug-likeness (QED) is 0.194. The molecule has 0 aliphatic rings. The van der Waals surface area contributed by atoms with Gasteiger partial charge in [0.2, 0.25) is 0 Å². The third-order valence-corrected chi connectivity index (χ3v) is 9.89. The Morgan fingerprint density at radius 2 is 0.739 bits per heavy atom. The zero-order valence-corrected chi connectivity index (χ0v) is 26.3. The topological polar surface area (TPSA) is 3.24 Å². The lowest BCUT2D eigenvalue weighted by atomic mass is 9.89. The van der Waals surface area contributed by atoms with Gasteiger partial charge in [-0.1, -0.05) is 103 Å². The fraction of sp³-hybridized carbons (Fsp3) is 0.0667. The molecule has 0 spiro atoms. The van der Waals surface area contributed by atoms with Gasteiger partial charge in [-0.2, -0.15) is 0 Å². The van der Waals surface area contributed by atoms with Gasteiger partial charge < -0.3 is 4.90 Å². The van der Waals surface area contributed by atoms with Crippen molar-refractivity contribution >= 4 is 72.3 Å². The van der Waals surface area contributed by atoms with Crippen LogP contribution in [0.4, 0.5) is 17.1 Å². The summed E-state index contributed by atoms with van der Waals surface area (Å²) in [6.45, 7) is 6.53. The third-order valence-electron chi connectivity index (χ3n) is 9.89. The molecule has 0 saturated heterocycles. The molecule has 0 N–H and O–H groups in total. The van der Waals surface area contributed by atoms with Crippen LogP contribution >= 0.6 is 0 Å². The van der Waals surface area contributed by atoms with Gasteiger partial charge in [0.05, 0.1) is 0 Å². The van der Waals surface area contributed by atoms with Gasteiger partial charge >= 0.3 is 0 Å². The number of rotatable bonds is 5. The minimum atomic E-state index is 1.14. The van der Waals surface area contributed by atoms with Crippen molar-refractivity contribution in [3.8, 4) is 0 Å². The normalized spacial score (nSPS) is 12.9. The predicted octanol–water partition coefficient (Wildman–Crippen LogP) is 10.7. The first-order valence-electron chi connectivity index (χ1n) is 16.1. The number of aryl methyl sites for hydroxylation is 3. The van der Waals surface area contributed by atoms with E-state index in [2.05, 4.69) is 171 Å². The van der Waals surface area contributed by atoms with Crippen molar-refractivity contribution in [1.82, 2.24) is 0 Å². The predicted molar refractivity (Wildman–Crippen MR) is 198 cm³/mol. The van der Waals surface area contributed by atoms with Crippen LogP contribution in [0.3, 0.4) is 0 Å². The lowest BCUT2D eigenvalue weighted by Gasteiger charge is -2.26. The molecule has 9 rings (SSSR count). The zero-order chi connectivity index (χ0) is 30.9. The first-order chi connectivity index (χ1) is 22.5. The molecule has 9 aromatic rings. The van der Waals surface area contributed by atoms with E-state index in [1.807, 2.05) is 0 Å². The highest BCUT2D eigenvalue weighted by molar-refractivity contribution is 6.19. The van der Waals surface area contributed by atoms with Crippen molar-refractivity contribution in [2.24, 2.45) is 0 Å². The Morgan fingerprint density at radius 1 is 0.370 bits per heavy atom.